The van der Waals surface area contributed by atoms with Crippen LogP contribution in [0, 0.1) is 19.7 Å². The number of hydrogen-bond acceptors (Lipinski definition) is 4. The number of rotatable bonds is 6. The molecule has 25 heavy (non-hydrogen) atoms. The van der Waals surface area contributed by atoms with Crippen molar-refractivity contribution in [2.24, 2.45) is 7.05 Å². The number of halogens is 1. The van der Waals surface area contributed by atoms with E-state index in [0.29, 0.717) is 18.3 Å². The van der Waals surface area contributed by atoms with Gasteiger partial charge >= 0.3 is 0 Å². The molecular formula is C19H26FN3O2. The molecule has 0 radical (unpaired) electrons. The molecule has 5 nitrogen and oxygen atoms in total. The van der Waals surface area contributed by atoms with E-state index in [1.54, 1.807) is 12.1 Å². The average molecular weight is 347 g/mol. The molecule has 1 saturated heterocycles. The third-order valence-electron chi connectivity index (χ3n) is 4.96. The van der Waals surface area contributed by atoms with Crippen molar-refractivity contribution in [1.29, 1.82) is 0 Å². The molecule has 136 valence electrons. The van der Waals surface area contributed by atoms with E-state index in [-0.39, 0.29) is 12.4 Å². The standard InChI is InChI=1S/C19H26FN3O2/c1-13-19(14(2)22(3)21-13)18-5-4-10-23(18)11-16(24)12-25-17-8-6-15(20)7-9-17/h6-9,16,18,24H,4-5,10-12H2,1-3H3/t16-,18-/m0/s1. The summed E-state index contributed by atoms with van der Waals surface area (Å²) in [5.41, 5.74) is 3.53. The van der Waals surface area contributed by atoms with Crippen molar-refractivity contribution < 1.29 is 14.2 Å². The molecule has 2 aromatic rings. The van der Waals surface area contributed by atoms with Crippen LogP contribution in [-0.4, -0.2) is 45.6 Å². The number of ether oxygens (including phenoxy) is 1. The minimum absolute atomic E-state index is 0.194. The van der Waals surface area contributed by atoms with Gasteiger partial charge in [0.05, 0.1) is 5.69 Å². The Morgan fingerprint density at radius 2 is 2.04 bits per heavy atom. The maximum atomic E-state index is 12.9. The molecule has 0 amide bonds. The number of β-amino-alcohol motifs (C(OH)–C–C–N with tert-alkyl or cyclic N) is 1. The van der Waals surface area contributed by atoms with Crippen molar-refractivity contribution in [2.45, 2.75) is 38.8 Å². The van der Waals surface area contributed by atoms with E-state index in [0.717, 1.165) is 25.1 Å². The zero-order valence-corrected chi connectivity index (χ0v) is 15.1. The Morgan fingerprint density at radius 1 is 1.32 bits per heavy atom. The molecule has 1 aromatic carbocycles. The first-order chi connectivity index (χ1) is 12.0. The van der Waals surface area contributed by atoms with Gasteiger partial charge in [-0.1, -0.05) is 0 Å². The highest BCUT2D eigenvalue weighted by atomic mass is 19.1. The van der Waals surface area contributed by atoms with Crippen LogP contribution in [0.2, 0.25) is 0 Å². The highest BCUT2D eigenvalue weighted by Crippen LogP contribution is 2.35. The Kier molecular flexibility index (Phi) is 5.39. The quantitative estimate of drug-likeness (QED) is 0.873. The van der Waals surface area contributed by atoms with Gasteiger partial charge in [-0.2, -0.15) is 5.10 Å². The van der Waals surface area contributed by atoms with Crippen molar-refractivity contribution in [3.63, 3.8) is 0 Å². The van der Waals surface area contributed by atoms with Gasteiger partial charge in [0.1, 0.15) is 24.3 Å². The molecule has 0 saturated carbocycles. The van der Waals surface area contributed by atoms with E-state index in [2.05, 4.69) is 16.9 Å². The second kappa shape index (κ2) is 7.54. The second-order valence-electron chi connectivity index (χ2n) is 6.78. The summed E-state index contributed by atoms with van der Waals surface area (Å²) in [4.78, 5) is 2.32. The van der Waals surface area contributed by atoms with Crippen LogP contribution in [0.15, 0.2) is 24.3 Å². The van der Waals surface area contributed by atoms with E-state index in [1.807, 2.05) is 18.7 Å². The molecule has 1 aromatic heterocycles. The smallest absolute Gasteiger partial charge is 0.123 e. The van der Waals surface area contributed by atoms with Gasteiger partial charge in [0.15, 0.2) is 0 Å². The molecular weight excluding hydrogens is 321 g/mol. The monoisotopic (exact) mass is 347 g/mol. The van der Waals surface area contributed by atoms with Crippen LogP contribution in [-0.2, 0) is 7.05 Å². The summed E-state index contributed by atoms with van der Waals surface area (Å²) in [7, 11) is 1.97. The van der Waals surface area contributed by atoms with Crippen molar-refractivity contribution in [2.75, 3.05) is 19.7 Å². The zero-order valence-electron chi connectivity index (χ0n) is 15.1. The molecule has 2 atom stereocenters. The van der Waals surface area contributed by atoms with Crippen molar-refractivity contribution in [1.82, 2.24) is 14.7 Å². The highest BCUT2D eigenvalue weighted by Gasteiger charge is 2.31. The molecule has 6 heteroatoms. The third kappa shape index (κ3) is 4.02. The van der Waals surface area contributed by atoms with E-state index in [9.17, 15) is 9.50 Å². The fraction of sp³-hybridized carbons (Fsp3) is 0.526. The normalized spacial score (nSPS) is 19.3. The Morgan fingerprint density at radius 3 is 2.68 bits per heavy atom. The van der Waals surface area contributed by atoms with Crippen molar-refractivity contribution in [3.05, 3.63) is 47.0 Å². The predicted molar refractivity (Wildman–Crippen MR) is 94.1 cm³/mol. The number of aromatic nitrogens is 2. The molecule has 0 spiro atoms. The summed E-state index contributed by atoms with van der Waals surface area (Å²) in [6, 6.07) is 6.15. The SMILES string of the molecule is Cc1nn(C)c(C)c1[C@@H]1CCCN1C[C@H](O)COc1ccc(F)cc1. The Balaban J connectivity index is 1.60. The lowest BCUT2D eigenvalue weighted by atomic mass is 10.0. The highest BCUT2D eigenvalue weighted by molar-refractivity contribution is 5.29. The first-order valence-electron chi connectivity index (χ1n) is 8.76. The molecule has 3 rings (SSSR count). The molecule has 2 heterocycles. The van der Waals surface area contributed by atoms with Crippen LogP contribution in [0.3, 0.4) is 0 Å². The largest absolute Gasteiger partial charge is 0.491 e. The lowest BCUT2D eigenvalue weighted by Gasteiger charge is -2.27. The fourth-order valence-electron chi connectivity index (χ4n) is 3.69. The van der Waals surface area contributed by atoms with Gasteiger partial charge in [0, 0.05) is 30.9 Å². The first-order valence-corrected chi connectivity index (χ1v) is 8.76. The summed E-state index contributed by atoms with van der Waals surface area (Å²) in [6.45, 7) is 5.86. The Hall–Kier alpha value is -1.92. The topological polar surface area (TPSA) is 50.5 Å². The van der Waals surface area contributed by atoms with Gasteiger partial charge in [0.2, 0.25) is 0 Å². The predicted octanol–water partition coefficient (Wildman–Crippen LogP) is 2.75. The van der Waals surface area contributed by atoms with Crippen LogP contribution in [0.4, 0.5) is 4.39 Å². The molecule has 1 N–H and O–H groups in total. The van der Waals surface area contributed by atoms with Gasteiger partial charge in [-0.15, -0.1) is 0 Å². The van der Waals surface area contributed by atoms with E-state index >= 15 is 0 Å². The number of aliphatic hydroxyl groups is 1. The maximum absolute atomic E-state index is 12.9. The van der Waals surface area contributed by atoms with Gasteiger partial charge < -0.3 is 9.84 Å². The van der Waals surface area contributed by atoms with E-state index in [4.69, 9.17) is 4.74 Å². The van der Waals surface area contributed by atoms with Gasteiger partial charge in [-0.25, -0.2) is 4.39 Å². The lowest BCUT2D eigenvalue weighted by molar-refractivity contribution is 0.0636. The molecule has 1 aliphatic rings. The molecule has 0 unspecified atom stereocenters. The maximum Gasteiger partial charge on any atom is 0.123 e. The molecule has 1 fully saturated rings. The second-order valence-corrected chi connectivity index (χ2v) is 6.78. The van der Waals surface area contributed by atoms with Crippen LogP contribution >= 0.6 is 0 Å². The fourth-order valence-corrected chi connectivity index (χ4v) is 3.69. The summed E-state index contributed by atoms with van der Waals surface area (Å²) in [6.07, 6.45) is 1.60. The van der Waals surface area contributed by atoms with Gasteiger partial charge in [-0.3, -0.25) is 9.58 Å². The minimum atomic E-state index is -0.595. The number of aliphatic hydroxyl groups excluding tert-OH is 1. The number of nitrogens with zero attached hydrogens (tertiary/aromatic N) is 3. The molecule has 0 aliphatic carbocycles. The van der Waals surface area contributed by atoms with Gasteiger partial charge in [0.25, 0.3) is 0 Å². The number of likely N-dealkylation sites (tertiary alicyclic amines) is 1. The first kappa shape index (κ1) is 17.9. The zero-order chi connectivity index (χ0) is 18.0. The Labute approximate surface area is 148 Å². The van der Waals surface area contributed by atoms with E-state index < -0.39 is 6.10 Å². The van der Waals surface area contributed by atoms with Crippen LogP contribution in [0.1, 0.15) is 35.8 Å². The number of benzene rings is 1. The summed E-state index contributed by atoms with van der Waals surface area (Å²) >= 11 is 0. The molecule has 0 bridgehead atoms. The lowest BCUT2D eigenvalue weighted by Crippen LogP contribution is -2.35. The third-order valence-corrected chi connectivity index (χ3v) is 4.96. The average Bonchev–Trinajstić information content (AvgIpc) is 3.11. The Bertz CT molecular complexity index is 714. The van der Waals surface area contributed by atoms with Crippen molar-refractivity contribution >= 4 is 0 Å². The number of aryl methyl sites for hydroxylation is 2. The van der Waals surface area contributed by atoms with Crippen LogP contribution in [0.5, 0.6) is 5.75 Å². The van der Waals surface area contributed by atoms with Crippen LogP contribution < -0.4 is 4.74 Å². The molecule has 1 aliphatic heterocycles. The summed E-state index contributed by atoms with van der Waals surface area (Å²) < 4.78 is 20.4. The number of hydrogen-bond donors (Lipinski definition) is 1. The minimum Gasteiger partial charge on any atom is -0.491 e. The van der Waals surface area contributed by atoms with Gasteiger partial charge in [-0.05, 0) is 57.5 Å². The summed E-state index contributed by atoms with van der Waals surface area (Å²) in [5, 5.41) is 14.9. The van der Waals surface area contributed by atoms with E-state index in [1.165, 1.54) is 23.4 Å². The summed E-state index contributed by atoms with van der Waals surface area (Å²) in [5.74, 6) is 0.271. The van der Waals surface area contributed by atoms with Crippen molar-refractivity contribution in [3.8, 4) is 5.75 Å². The van der Waals surface area contributed by atoms with Crippen LogP contribution in [0.25, 0.3) is 0 Å².